The van der Waals surface area contributed by atoms with Crippen LogP contribution < -0.4 is 9.47 Å². The van der Waals surface area contributed by atoms with Crippen LogP contribution in [0, 0.1) is 5.41 Å². The zero-order valence-corrected chi connectivity index (χ0v) is 13.4. The Morgan fingerprint density at radius 3 is 2.53 bits per heavy atom. The van der Waals surface area contributed by atoms with E-state index in [-0.39, 0.29) is 10.8 Å². The van der Waals surface area contributed by atoms with Gasteiger partial charge in [0.05, 0.1) is 19.6 Å². The number of hydrogen-bond acceptors (Lipinski definition) is 2. The molecule has 1 atom stereocenters. The van der Waals surface area contributed by atoms with E-state index in [9.17, 15) is 0 Å². The van der Waals surface area contributed by atoms with Crippen LogP contribution in [0.2, 0.25) is 5.02 Å². The Morgan fingerprint density at radius 2 is 1.95 bits per heavy atom. The summed E-state index contributed by atoms with van der Waals surface area (Å²) in [6.07, 6.45) is 2.89. The van der Waals surface area contributed by atoms with Gasteiger partial charge in [0.25, 0.3) is 0 Å². The van der Waals surface area contributed by atoms with E-state index in [1.165, 1.54) is 0 Å². The van der Waals surface area contributed by atoms with E-state index in [4.69, 9.17) is 32.7 Å². The molecule has 0 fully saturated rings. The minimum Gasteiger partial charge on any atom is -0.493 e. The van der Waals surface area contributed by atoms with E-state index in [2.05, 4.69) is 13.8 Å². The summed E-state index contributed by atoms with van der Waals surface area (Å²) in [4.78, 5) is 0. The Kier molecular flexibility index (Phi) is 4.22. The first-order valence-electron chi connectivity index (χ1n) is 6.47. The number of halogens is 2. The Bertz CT molecular complexity index is 484. The van der Waals surface area contributed by atoms with Gasteiger partial charge < -0.3 is 9.47 Å². The lowest BCUT2D eigenvalue weighted by atomic mass is 9.84. The quantitative estimate of drug-likeness (QED) is 0.565. The van der Waals surface area contributed by atoms with Crippen molar-refractivity contribution in [1.29, 1.82) is 0 Å². The van der Waals surface area contributed by atoms with Crippen molar-refractivity contribution >= 4 is 23.2 Å². The van der Waals surface area contributed by atoms with Crippen molar-refractivity contribution in [3.63, 3.8) is 0 Å². The van der Waals surface area contributed by atoms with E-state index < -0.39 is 0 Å². The van der Waals surface area contributed by atoms with Crippen LogP contribution in [0.1, 0.15) is 43.2 Å². The van der Waals surface area contributed by atoms with E-state index in [0.29, 0.717) is 5.75 Å². The van der Waals surface area contributed by atoms with Gasteiger partial charge in [-0.05, 0) is 30.2 Å². The predicted octanol–water partition coefficient (Wildman–Crippen LogP) is 5.00. The number of benzene rings is 1. The highest BCUT2D eigenvalue weighted by molar-refractivity contribution is 6.32. The molecule has 0 saturated carbocycles. The van der Waals surface area contributed by atoms with Gasteiger partial charge in [0.15, 0.2) is 11.5 Å². The Labute approximate surface area is 125 Å². The van der Waals surface area contributed by atoms with Gasteiger partial charge in [-0.2, -0.15) is 0 Å². The molecule has 0 radical (unpaired) electrons. The molecule has 0 amide bonds. The summed E-state index contributed by atoms with van der Waals surface area (Å²) in [5.41, 5.74) is 2.30. The van der Waals surface area contributed by atoms with E-state index in [0.717, 1.165) is 41.2 Å². The number of fused-ring (bicyclic) bond motifs is 1. The lowest BCUT2D eigenvalue weighted by Gasteiger charge is -2.24. The van der Waals surface area contributed by atoms with Crippen LogP contribution in [0.15, 0.2) is 6.07 Å². The topological polar surface area (TPSA) is 18.5 Å². The van der Waals surface area contributed by atoms with Crippen molar-refractivity contribution in [2.45, 2.75) is 38.5 Å². The summed E-state index contributed by atoms with van der Waals surface area (Å²) in [6, 6.07) is 1.82. The van der Waals surface area contributed by atoms with Gasteiger partial charge in [-0.15, -0.1) is 11.6 Å². The number of ether oxygens (including phenoxy) is 2. The van der Waals surface area contributed by atoms with Crippen LogP contribution in [-0.2, 0) is 6.42 Å². The molecule has 1 aromatic rings. The van der Waals surface area contributed by atoms with Gasteiger partial charge in [0, 0.05) is 16.7 Å². The van der Waals surface area contributed by atoms with E-state index in [1.54, 1.807) is 14.2 Å². The summed E-state index contributed by atoms with van der Waals surface area (Å²) in [7, 11) is 3.26. The van der Waals surface area contributed by atoms with Crippen molar-refractivity contribution in [1.82, 2.24) is 0 Å². The summed E-state index contributed by atoms with van der Waals surface area (Å²) in [5, 5.41) is 0.617. The second-order valence-electron chi connectivity index (χ2n) is 5.82. The summed E-state index contributed by atoms with van der Waals surface area (Å²) in [5.74, 6) is 1.37. The molecule has 2 nitrogen and oxygen atoms in total. The molecule has 4 heteroatoms. The largest absolute Gasteiger partial charge is 0.493 e. The van der Waals surface area contributed by atoms with Gasteiger partial charge >= 0.3 is 0 Å². The Hall–Kier alpha value is -0.600. The van der Waals surface area contributed by atoms with Crippen molar-refractivity contribution in [2.75, 3.05) is 14.2 Å². The highest BCUT2D eigenvalue weighted by Gasteiger charge is 2.33. The molecule has 0 spiro atoms. The zero-order valence-electron chi connectivity index (χ0n) is 11.8. The molecule has 1 unspecified atom stereocenters. The van der Waals surface area contributed by atoms with Gasteiger partial charge in [-0.25, -0.2) is 0 Å². The van der Waals surface area contributed by atoms with Crippen LogP contribution in [-0.4, -0.2) is 14.2 Å². The van der Waals surface area contributed by atoms with Crippen LogP contribution in [0.5, 0.6) is 11.5 Å². The molecule has 0 aliphatic heterocycles. The Morgan fingerprint density at radius 1 is 1.26 bits per heavy atom. The van der Waals surface area contributed by atoms with Gasteiger partial charge in [0.2, 0.25) is 0 Å². The monoisotopic (exact) mass is 302 g/mol. The van der Waals surface area contributed by atoms with Crippen LogP contribution in [0.3, 0.4) is 0 Å². The van der Waals surface area contributed by atoms with Crippen molar-refractivity contribution in [2.24, 2.45) is 5.41 Å². The first-order chi connectivity index (χ1) is 8.89. The van der Waals surface area contributed by atoms with Crippen molar-refractivity contribution < 1.29 is 9.47 Å². The van der Waals surface area contributed by atoms with Crippen LogP contribution in [0.25, 0.3) is 0 Å². The fourth-order valence-corrected chi connectivity index (χ4v) is 3.71. The number of methoxy groups -OCH3 is 2. The maximum atomic E-state index is 6.63. The third-order valence-corrected chi connectivity index (χ3v) is 4.57. The molecule has 19 heavy (non-hydrogen) atoms. The average Bonchev–Trinajstić information content (AvgIpc) is 2.46. The number of rotatable bonds is 2. The van der Waals surface area contributed by atoms with E-state index >= 15 is 0 Å². The molecule has 1 aliphatic rings. The fraction of sp³-hybridized carbons (Fsp3) is 0.600. The highest BCUT2D eigenvalue weighted by Crippen LogP contribution is 2.50. The van der Waals surface area contributed by atoms with E-state index in [1.807, 2.05) is 6.07 Å². The SMILES string of the molecule is COc1cc(Cl)c2c(c1OC)C(Cl)CC(C)(C)CC2. The molecule has 0 bridgehead atoms. The number of alkyl halides is 1. The maximum absolute atomic E-state index is 6.63. The smallest absolute Gasteiger partial charge is 0.165 e. The molecular weight excluding hydrogens is 283 g/mol. The molecule has 0 N–H and O–H groups in total. The zero-order chi connectivity index (χ0) is 14.2. The lowest BCUT2D eigenvalue weighted by molar-refractivity contribution is 0.311. The second-order valence-corrected chi connectivity index (χ2v) is 6.76. The third-order valence-electron chi connectivity index (χ3n) is 3.86. The second kappa shape index (κ2) is 5.41. The molecule has 1 aliphatic carbocycles. The normalized spacial score (nSPS) is 21.5. The summed E-state index contributed by atoms with van der Waals surface area (Å²) < 4.78 is 10.9. The average molecular weight is 303 g/mol. The molecule has 0 saturated heterocycles. The highest BCUT2D eigenvalue weighted by atomic mass is 35.5. The van der Waals surface area contributed by atoms with Gasteiger partial charge in [-0.1, -0.05) is 25.4 Å². The molecule has 2 rings (SSSR count). The summed E-state index contributed by atoms with van der Waals surface area (Å²) in [6.45, 7) is 4.48. The minimum absolute atomic E-state index is 0.102. The summed E-state index contributed by atoms with van der Waals surface area (Å²) >= 11 is 13.0. The standard InChI is InChI=1S/C15H20Cl2O2/c1-15(2)6-5-9-10(16)7-12(18-3)14(19-4)13(9)11(17)8-15/h7,11H,5-6,8H2,1-4H3. The van der Waals surface area contributed by atoms with Crippen LogP contribution >= 0.6 is 23.2 Å². The Balaban J connectivity index is 2.62. The van der Waals surface area contributed by atoms with Gasteiger partial charge in [0.1, 0.15) is 0 Å². The molecular formula is C15H20Cl2O2. The molecule has 0 aromatic heterocycles. The maximum Gasteiger partial charge on any atom is 0.165 e. The fourth-order valence-electron chi connectivity index (χ4n) is 2.77. The van der Waals surface area contributed by atoms with Gasteiger partial charge in [-0.3, -0.25) is 0 Å². The minimum atomic E-state index is -0.102. The van der Waals surface area contributed by atoms with Crippen molar-refractivity contribution in [3.8, 4) is 11.5 Å². The number of hydrogen-bond donors (Lipinski definition) is 0. The first kappa shape index (κ1) is 14.8. The van der Waals surface area contributed by atoms with Crippen molar-refractivity contribution in [3.05, 3.63) is 22.2 Å². The molecule has 106 valence electrons. The molecule has 1 aromatic carbocycles. The predicted molar refractivity (Wildman–Crippen MR) is 79.9 cm³/mol. The molecule has 0 heterocycles. The third kappa shape index (κ3) is 2.80. The first-order valence-corrected chi connectivity index (χ1v) is 7.28. The van der Waals surface area contributed by atoms with Crippen LogP contribution in [0.4, 0.5) is 0 Å². The lowest BCUT2D eigenvalue weighted by Crippen LogP contribution is -2.11.